The first-order valence-electron chi connectivity index (χ1n) is 23.9. The number of esters is 2. The van der Waals surface area contributed by atoms with Crippen LogP contribution in [0.4, 0.5) is 0 Å². The first-order valence-corrected chi connectivity index (χ1v) is 23.9. The number of carbonyl (C=O) groups excluding carboxylic acids is 2. The van der Waals surface area contributed by atoms with Crippen molar-refractivity contribution in [2.75, 3.05) is 19.8 Å². The number of hydrogen-bond donors (Lipinski definition) is 4. The van der Waals surface area contributed by atoms with Crippen molar-refractivity contribution in [1.29, 1.82) is 0 Å². The van der Waals surface area contributed by atoms with Gasteiger partial charge in [0.1, 0.15) is 31.0 Å². The summed E-state index contributed by atoms with van der Waals surface area (Å²) in [5.41, 5.74) is 0. The van der Waals surface area contributed by atoms with E-state index in [-0.39, 0.29) is 32.0 Å². The average molecular weight is 825 g/mol. The first-order chi connectivity index (χ1) is 28.3. The minimum Gasteiger partial charge on any atom is -0.462 e. The second-order valence-electron chi connectivity index (χ2n) is 16.6. The maximum Gasteiger partial charge on any atom is 0.306 e. The minimum absolute atomic E-state index is 0.217. The molecule has 0 saturated carbocycles. The summed E-state index contributed by atoms with van der Waals surface area (Å²) in [5, 5.41) is 40.1. The van der Waals surface area contributed by atoms with Gasteiger partial charge < -0.3 is 39.4 Å². The van der Waals surface area contributed by atoms with Gasteiger partial charge in [0.15, 0.2) is 12.4 Å². The zero-order valence-electron chi connectivity index (χ0n) is 37.1. The van der Waals surface area contributed by atoms with Crippen molar-refractivity contribution in [1.82, 2.24) is 0 Å². The van der Waals surface area contributed by atoms with E-state index in [1.165, 1.54) is 122 Å². The highest BCUT2D eigenvalue weighted by molar-refractivity contribution is 5.70. The predicted octanol–water partition coefficient (Wildman–Crippen LogP) is 10.5. The summed E-state index contributed by atoms with van der Waals surface area (Å²) in [6.07, 6.45) is 36.1. The van der Waals surface area contributed by atoms with Crippen LogP contribution in [0, 0.1) is 0 Å². The van der Waals surface area contributed by atoms with Crippen LogP contribution in [0.25, 0.3) is 0 Å². The molecule has 0 spiro atoms. The molecule has 0 bridgehead atoms. The third kappa shape index (κ3) is 30.2. The summed E-state index contributed by atoms with van der Waals surface area (Å²) in [6, 6.07) is 0. The third-order valence-electron chi connectivity index (χ3n) is 11.1. The first kappa shape index (κ1) is 54.2. The van der Waals surface area contributed by atoms with Crippen molar-refractivity contribution < 1.29 is 49.0 Å². The molecule has 0 aromatic rings. The monoisotopic (exact) mass is 825 g/mol. The topological polar surface area (TPSA) is 152 Å². The lowest BCUT2D eigenvalue weighted by Crippen LogP contribution is -2.59. The van der Waals surface area contributed by atoms with Crippen molar-refractivity contribution >= 4 is 11.9 Å². The summed E-state index contributed by atoms with van der Waals surface area (Å²) in [6.45, 7) is 3.42. The standard InChI is InChI=1S/C48H88O10/c1-3-5-7-9-11-13-15-17-19-21-23-24-26-28-30-32-34-36-43(50)55-39-41(40-56-48-47(54)46(53)45(52)42(38-49)58-48)57-44(51)37-35-33-31-29-27-25-22-20-18-16-14-12-10-8-6-4-2/h14,16,20,22,41-42,45-49,52-54H,3-13,15,17-19,21,23-40H2,1-2H3/b16-14-,22-20-. The molecule has 10 heteroatoms. The molecule has 1 saturated heterocycles. The van der Waals surface area contributed by atoms with E-state index in [0.717, 1.165) is 57.8 Å². The minimum atomic E-state index is -1.60. The highest BCUT2D eigenvalue weighted by Crippen LogP contribution is 2.23. The zero-order valence-corrected chi connectivity index (χ0v) is 37.1. The van der Waals surface area contributed by atoms with Gasteiger partial charge in [0, 0.05) is 12.8 Å². The Kier molecular flexibility index (Phi) is 36.7. The Balaban J connectivity index is 2.30. The SMILES string of the molecule is CCCCCC/C=C\C/C=C\CCCCCCCC(=O)OC(COC(=O)CCCCCCCCCCCCCCCCCCC)COC1OC(CO)C(O)C(O)C1O. The molecule has 0 amide bonds. The fraction of sp³-hybridized carbons (Fsp3) is 0.875. The predicted molar refractivity (Wildman–Crippen MR) is 233 cm³/mol. The number of carbonyl (C=O) groups is 2. The van der Waals surface area contributed by atoms with E-state index in [1.54, 1.807) is 0 Å². The van der Waals surface area contributed by atoms with E-state index in [1.807, 2.05) is 0 Å². The summed E-state index contributed by atoms with van der Waals surface area (Å²) < 4.78 is 22.2. The molecule has 1 heterocycles. The number of rotatable bonds is 40. The van der Waals surface area contributed by atoms with Crippen LogP contribution in [0.5, 0.6) is 0 Å². The normalized spacial score (nSPS) is 20.3. The number of unbranched alkanes of at least 4 members (excludes halogenated alkanes) is 25. The van der Waals surface area contributed by atoms with E-state index in [4.69, 9.17) is 18.9 Å². The molecule has 4 N–H and O–H groups in total. The smallest absolute Gasteiger partial charge is 0.306 e. The van der Waals surface area contributed by atoms with E-state index in [9.17, 15) is 30.0 Å². The molecule has 10 nitrogen and oxygen atoms in total. The molecular weight excluding hydrogens is 737 g/mol. The van der Waals surface area contributed by atoms with Crippen LogP contribution in [0.2, 0.25) is 0 Å². The maximum absolute atomic E-state index is 12.8. The summed E-state index contributed by atoms with van der Waals surface area (Å²) in [5.74, 6) is -0.813. The maximum atomic E-state index is 12.8. The molecule has 1 aliphatic rings. The van der Waals surface area contributed by atoms with Gasteiger partial charge in [-0.3, -0.25) is 9.59 Å². The molecule has 6 unspecified atom stereocenters. The number of hydrogen-bond acceptors (Lipinski definition) is 10. The highest BCUT2D eigenvalue weighted by Gasteiger charge is 2.44. The lowest BCUT2D eigenvalue weighted by molar-refractivity contribution is -0.305. The van der Waals surface area contributed by atoms with Crippen LogP contribution < -0.4 is 0 Å². The van der Waals surface area contributed by atoms with Gasteiger partial charge in [-0.25, -0.2) is 0 Å². The Labute approximate surface area is 353 Å². The van der Waals surface area contributed by atoms with E-state index >= 15 is 0 Å². The fourth-order valence-electron chi connectivity index (χ4n) is 7.28. The van der Waals surface area contributed by atoms with Gasteiger partial charge in [-0.2, -0.15) is 0 Å². The second kappa shape index (κ2) is 39.3. The molecule has 0 aromatic heterocycles. The lowest BCUT2D eigenvalue weighted by Gasteiger charge is -2.39. The van der Waals surface area contributed by atoms with Crippen LogP contribution in [-0.2, 0) is 28.5 Å². The molecule has 0 aliphatic carbocycles. The molecule has 1 aliphatic heterocycles. The van der Waals surface area contributed by atoms with Crippen LogP contribution in [0.3, 0.4) is 0 Å². The van der Waals surface area contributed by atoms with Crippen LogP contribution >= 0.6 is 0 Å². The largest absolute Gasteiger partial charge is 0.462 e. The van der Waals surface area contributed by atoms with Crippen LogP contribution in [-0.4, -0.2) is 89.0 Å². The zero-order chi connectivity index (χ0) is 42.3. The van der Waals surface area contributed by atoms with Crippen molar-refractivity contribution in [2.24, 2.45) is 0 Å². The van der Waals surface area contributed by atoms with Crippen LogP contribution in [0.1, 0.15) is 213 Å². The summed E-state index contributed by atoms with van der Waals surface area (Å²) in [4.78, 5) is 25.4. The van der Waals surface area contributed by atoms with Gasteiger partial charge in [0.05, 0.1) is 13.2 Å². The molecule has 6 atom stereocenters. The Morgan fingerprint density at radius 1 is 0.534 bits per heavy atom. The van der Waals surface area contributed by atoms with Crippen molar-refractivity contribution in [3.63, 3.8) is 0 Å². The molecule has 0 radical (unpaired) electrons. The average Bonchev–Trinajstić information content (AvgIpc) is 3.22. The Morgan fingerprint density at radius 3 is 1.45 bits per heavy atom. The molecule has 340 valence electrons. The molecule has 0 aromatic carbocycles. The van der Waals surface area contributed by atoms with Gasteiger partial charge >= 0.3 is 11.9 Å². The Bertz CT molecular complexity index is 1000. The van der Waals surface area contributed by atoms with Crippen LogP contribution in [0.15, 0.2) is 24.3 Å². The van der Waals surface area contributed by atoms with Crippen molar-refractivity contribution in [2.45, 2.75) is 250 Å². The molecule has 58 heavy (non-hydrogen) atoms. The van der Waals surface area contributed by atoms with Gasteiger partial charge in [0.2, 0.25) is 0 Å². The lowest BCUT2D eigenvalue weighted by atomic mass is 9.99. The van der Waals surface area contributed by atoms with Gasteiger partial charge in [0.25, 0.3) is 0 Å². The third-order valence-corrected chi connectivity index (χ3v) is 11.1. The number of aliphatic hydroxyl groups excluding tert-OH is 4. The number of aliphatic hydroxyl groups is 4. The van der Waals surface area contributed by atoms with Gasteiger partial charge in [-0.1, -0.05) is 179 Å². The highest BCUT2D eigenvalue weighted by atomic mass is 16.7. The summed E-state index contributed by atoms with van der Waals surface area (Å²) >= 11 is 0. The number of ether oxygens (including phenoxy) is 4. The van der Waals surface area contributed by atoms with E-state index in [0.29, 0.717) is 6.42 Å². The fourth-order valence-corrected chi connectivity index (χ4v) is 7.28. The second-order valence-corrected chi connectivity index (χ2v) is 16.6. The van der Waals surface area contributed by atoms with E-state index < -0.39 is 49.4 Å². The van der Waals surface area contributed by atoms with Crippen molar-refractivity contribution in [3.05, 3.63) is 24.3 Å². The Morgan fingerprint density at radius 2 is 0.966 bits per heavy atom. The van der Waals surface area contributed by atoms with Gasteiger partial charge in [-0.05, 0) is 44.9 Å². The molecule has 1 rings (SSSR count). The van der Waals surface area contributed by atoms with Gasteiger partial charge in [-0.15, -0.1) is 0 Å². The van der Waals surface area contributed by atoms with Crippen molar-refractivity contribution in [3.8, 4) is 0 Å². The Hall–Kier alpha value is -1.82. The quantitative estimate of drug-likeness (QED) is 0.0267. The summed E-state index contributed by atoms with van der Waals surface area (Å²) in [7, 11) is 0. The molecular formula is C48H88O10. The molecule has 1 fully saturated rings. The number of allylic oxidation sites excluding steroid dienone is 4. The van der Waals surface area contributed by atoms with E-state index in [2.05, 4.69) is 38.2 Å².